The topological polar surface area (TPSA) is 4.93 Å². The molecule has 1 aromatic heterocycles. The van der Waals surface area contributed by atoms with Gasteiger partial charge >= 0.3 is 0 Å². The van der Waals surface area contributed by atoms with E-state index in [1.54, 1.807) is 0 Å². The Labute approximate surface area is 85.4 Å². The van der Waals surface area contributed by atoms with Gasteiger partial charge in [0, 0.05) is 18.3 Å². The van der Waals surface area contributed by atoms with Crippen LogP contribution >= 0.6 is 0 Å². The third kappa shape index (κ3) is 1.33. The number of fused-ring (bicyclic) bond motifs is 1. The van der Waals surface area contributed by atoms with E-state index in [2.05, 4.69) is 49.7 Å². The lowest BCUT2D eigenvalue weighted by molar-refractivity contribution is 0.865. The summed E-state index contributed by atoms with van der Waals surface area (Å²) in [6, 6.07) is 9.04. The van der Waals surface area contributed by atoms with Crippen molar-refractivity contribution in [2.45, 2.75) is 26.7 Å². The minimum atomic E-state index is 1.10. The second-order valence-electron chi connectivity index (χ2n) is 3.79. The Balaban J connectivity index is 2.68. The Hall–Kier alpha value is -1.24. The van der Waals surface area contributed by atoms with Crippen molar-refractivity contribution in [2.24, 2.45) is 7.05 Å². The Morgan fingerprint density at radius 1 is 1.07 bits per heavy atom. The molecule has 0 saturated heterocycles. The van der Waals surface area contributed by atoms with Gasteiger partial charge in [0.15, 0.2) is 0 Å². The minimum absolute atomic E-state index is 1.10. The molecule has 0 aliphatic heterocycles. The summed E-state index contributed by atoms with van der Waals surface area (Å²) in [5.41, 5.74) is 4.19. The Morgan fingerprint density at radius 3 is 2.50 bits per heavy atom. The van der Waals surface area contributed by atoms with Gasteiger partial charge in [-0.2, -0.15) is 0 Å². The van der Waals surface area contributed by atoms with Gasteiger partial charge in [-0.05, 0) is 35.9 Å². The van der Waals surface area contributed by atoms with Gasteiger partial charge in [-0.1, -0.05) is 26.0 Å². The lowest BCUT2D eigenvalue weighted by Crippen LogP contribution is -1.93. The van der Waals surface area contributed by atoms with Crippen LogP contribution in [0.25, 0.3) is 10.9 Å². The van der Waals surface area contributed by atoms with Crippen LogP contribution in [0, 0.1) is 0 Å². The van der Waals surface area contributed by atoms with Crippen LogP contribution < -0.4 is 0 Å². The smallest absolute Gasteiger partial charge is 0.0482 e. The predicted octanol–water partition coefficient (Wildman–Crippen LogP) is 3.30. The van der Waals surface area contributed by atoms with Crippen LogP contribution in [0.1, 0.15) is 25.1 Å². The van der Waals surface area contributed by atoms with E-state index in [0.29, 0.717) is 0 Å². The van der Waals surface area contributed by atoms with Crippen LogP contribution in [0.2, 0.25) is 0 Å². The third-order valence-corrected chi connectivity index (χ3v) is 2.98. The number of hydrogen-bond donors (Lipinski definition) is 0. The fourth-order valence-electron chi connectivity index (χ4n) is 1.99. The van der Waals surface area contributed by atoms with Crippen molar-refractivity contribution in [1.29, 1.82) is 0 Å². The van der Waals surface area contributed by atoms with Crippen molar-refractivity contribution < 1.29 is 0 Å². The monoisotopic (exact) mass is 187 g/mol. The molecule has 0 bridgehead atoms. The molecule has 0 fully saturated rings. The Kier molecular flexibility index (Phi) is 2.32. The molecular weight excluding hydrogens is 170 g/mol. The van der Waals surface area contributed by atoms with Crippen LogP contribution in [0.3, 0.4) is 0 Å². The molecule has 0 aliphatic carbocycles. The highest BCUT2D eigenvalue weighted by Gasteiger charge is 2.03. The van der Waals surface area contributed by atoms with Gasteiger partial charge in [-0.3, -0.25) is 0 Å². The number of nitrogens with zero attached hydrogens (tertiary/aromatic N) is 1. The van der Waals surface area contributed by atoms with Crippen molar-refractivity contribution >= 4 is 10.9 Å². The number of aryl methyl sites for hydroxylation is 3. The largest absolute Gasteiger partial charge is 0.348 e. The molecule has 1 heterocycles. The molecule has 0 amide bonds. The molecule has 2 aromatic rings. The molecule has 0 spiro atoms. The Bertz CT molecular complexity index is 451. The average molecular weight is 187 g/mol. The van der Waals surface area contributed by atoms with Gasteiger partial charge in [0.1, 0.15) is 0 Å². The van der Waals surface area contributed by atoms with E-state index in [0.717, 1.165) is 12.8 Å². The first kappa shape index (κ1) is 9.32. The highest BCUT2D eigenvalue weighted by atomic mass is 14.9. The molecule has 14 heavy (non-hydrogen) atoms. The molecule has 0 saturated carbocycles. The maximum absolute atomic E-state index is 2.30. The lowest BCUT2D eigenvalue weighted by atomic mass is 10.1. The zero-order valence-electron chi connectivity index (χ0n) is 9.17. The molecule has 74 valence electrons. The molecule has 0 atom stereocenters. The number of benzene rings is 1. The second kappa shape index (κ2) is 3.49. The van der Waals surface area contributed by atoms with Crippen molar-refractivity contribution in [2.75, 3.05) is 0 Å². The predicted molar refractivity (Wildman–Crippen MR) is 61.7 cm³/mol. The summed E-state index contributed by atoms with van der Waals surface area (Å²) < 4.78 is 2.30. The minimum Gasteiger partial charge on any atom is -0.348 e. The Morgan fingerprint density at radius 2 is 1.86 bits per heavy atom. The van der Waals surface area contributed by atoms with E-state index in [1.807, 2.05) is 0 Å². The molecule has 0 radical (unpaired) electrons. The average Bonchev–Trinajstić information content (AvgIpc) is 2.55. The highest BCUT2D eigenvalue weighted by molar-refractivity contribution is 5.82. The molecular formula is C13H17N. The van der Waals surface area contributed by atoms with Crippen LogP contribution in [-0.2, 0) is 19.9 Å². The summed E-state index contributed by atoms with van der Waals surface area (Å²) >= 11 is 0. The van der Waals surface area contributed by atoms with Gasteiger partial charge in [0.05, 0.1) is 0 Å². The van der Waals surface area contributed by atoms with Gasteiger partial charge in [0.25, 0.3) is 0 Å². The van der Waals surface area contributed by atoms with Crippen molar-refractivity contribution in [1.82, 2.24) is 4.57 Å². The summed E-state index contributed by atoms with van der Waals surface area (Å²) in [5, 5.41) is 1.36. The van der Waals surface area contributed by atoms with Crippen molar-refractivity contribution in [3.8, 4) is 0 Å². The highest BCUT2D eigenvalue weighted by Crippen LogP contribution is 2.20. The van der Waals surface area contributed by atoms with E-state index < -0.39 is 0 Å². The first-order valence-corrected chi connectivity index (χ1v) is 5.33. The molecule has 0 N–H and O–H groups in total. The maximum Gasteiger partial charge on any atom is 0.0482 e. The molecule has 0 unspecified atom stereocenters. The van der Waals surface area contributed by atoms with E-state index in [1.165, 1.54) is 22.2 Å². The van der Waals surface area contributed by atoms with E-state index >= 15 is 0 Å². The van der Waals surface area contributed by atoms with Gasteiger partial charge < -0.3 is 4.57 Å². The van der Waals surface area contributed by atoms with E-state index in [4.69, 9.17) is 0 Å². The van der Waals surface area contributed by atoms with Crippen molar-refractivity contribution in [3.05, 3.63) is 35.5 Å². The molecule has 1 aromatic carbocycles. The third-order valence-electron chi connectivity index (χ3n) is 2.98. The number of rotatable bonds is 2. The van der Waals surface area contributed by atoms with E-state index in [9.17, 15) is 0 Å². The maximum atomic E-state index is 2.30. The summed E-state index contributed by atoms with van der Waals surface area (Å²) in [5.74, 6) is 0. The lowest BCUT2D eigenvalue weighted by Gasteiger charge is -2.02. The van der Waals surface area contributed by atoms with Crippen LogP contribution in [0.15, 0.2) is 24.3 Å². The van der Waals surface area contributed by atoms with E-state index in [-0.39, 0.29) is 0 Å². The summed E-state index contributed by atoms with van der Waals surface area (Å²) in [6.07, 6.45) is 2.22. The zero-order valence-corrected chi connectivity index (χ0v) is 9.17. The number of aromatic nitrogens is 1. The SMILES string of the molecule is CCc1ccc2cc(CC)n(C)c2c1. The summed E-state index contributed by atoms with van der Waals surface area (Å²) in [7, 11) is 2.15. The molecule has 2 rings (SSSR count). The van der Waals surface area contributed by atoms with Gasteiger partial charge in [0.2, 0.25) is 0 Å². The second-order valence-corrected chi connectivity index (χ2v) is 3.79. The first-order valence-electron chi connectivity index (χ1n) is 5.33. The normalized spacial score (nSPS) is 11.1. The van der Waals surface area contributed by atoms with Crippen molar-refractivity contribution in [3.63, 3.8) is 0 Å². The standard InChI is InChI=1S/C13H17N/c1-4-10-6-7-11-9-12(5-2)14(3)13(11)8-10/h6-9H,4-5H2,1-3H3. The van der Waals surface area contributed by atoms with Gasteiger partial charge in [-0.15, -0.1) is 0 Å². The summed E-state index contributed by atoms with van der Waals surface area (Å²) in [6.45, 7) is 4.40. The quantitative estimate of drug-likeness (QED) is 0.679. The molecule has 0 aliphatic rings. The fourth-order valence-corrected chi connectivity index (χ4v) is 1.99. The fraction of sp³-hybridized carbons (Fsp3) is 0.385. The summed E-state index contributed by atoms with van der Waals surface area (Å²) in [4.78, 5) is 0. The van der Waals surface area contributed by atoms with Crippen LogP contribution in [-0.4, -0.2) is 4.57 Å². The first-order chi connectivity index (χ1) is 6.76. The van der Waals surface area contributed by atoms with Gasteiger partial charge in [-0.25, -0.2) is 0 Å². The van der Waals surface area contributed by atoms with Crippen LogP contribution in [0.4, 0.5) is 0 Å². The molecule has 1 heteroatoms. The molecule has 1 nitrogen and oxygen atoms in total. The van der Waals surface area contributed by atoms with Crippen LogP contribution in [0.5, 0.6) is 0 Å². The zero-order chi connectivity index (χ0) is 10.1. The number of hydrogen-bond acceptors (Lipinski definition) is 0.